The van der Waals surface area contributed by atoms with Crippen LogP contribution in [0.5, 0.6) is 0 Å². The lowest BCUT2D eigenvalue weighted by Gasteiger charge is -2.32. The maximum Gasteiger partial charge on any atom is 0.416 e. The minimum absolute atomic E-state index is 0. The highest BCUT2D eigenvalue weighted by molar-refractivity contribution is 7.59. The fraction of sp³-hybridized carbons (Fsp3) is 0.267. The average molecular weight is 372 g/mol. The number of nitrogens with two attached hydrogens (primary N) is 1. The van der Waals surface area contributed by atoms with E-state index in [-0.39, 0.29) is 37.3 Å². The summed E-state index contributed by atoms with van der Waals surface area (Å²) in [5, 5.41) is 4.00. The van der Waals surface area contributed by atoms with Crippen molar-refractivity contribution in [3.8, 4) is 0 Å². The summed E-state index contributed by atoms with van der Waals surface area (Å²) >= 11 is 0. The maximum atomic E-state index is 12.7. The first kappa shape index (κ1) is 18.8. The summed E-state index contributed by atoms with van der Waals surface area (Å²) in [4.78, 5) is 25.4. The number of primary amides is 1. The molecule has 0 aliphatic carbocycles. The topological polar surface area (TPSA) is 81.2 Å². The van der Waals surface area contributed by atoms with Crippen molar-refractivity contribution in [1.29, 1.82) is 0 Å². The number of carbonyl (C=O) groups excluding carboxylic acids is 2. The molecule has 2 amide bonds. The summed E-state index contributed by atoms with van der Waals surface area (Å²) in [5.41, 5.74) is 4.79. The number of alkyl halides is 3. The molecular formula is C15H15F3N4O2S. The van der Waals surface area contributed by atoms with Gasteiger partial charge in [-0.3, -0.25) is 14.3 Å². The third kappa shape index (κ3) is 3.21. The van der Waals surface area contributed by atoms with Crippen LogP contribution in [-0.2, 0) is 6.18 Å². The SMILES string of the molecule is C[C@H]1CN(c2ccc(C(F)(F)F)cc2)C(=O)c2c(C(N)=O)cnn21.S. The smallest absolute Gasteiger partial charge is 0.365 e. The molecule has 6 nitrogen and oxygen atoms in total. The van der Waals surface area contributed by atoms with Gasteiger partial charge in [0.15, 0.2) is 0 Å². The average Bonchev–Trinajstić information content (AvgIpc) is 2.96. The van der Waals surface area contributed by atoms with Gasteiger partial charge < -0.3 is 10.6 Å². The Kier molecular flexibility index (Phi) is 4.85. The van der Waals surface area contributed by atoms with E-state index in [0.29, 0.717) is 5.69 Å². The minimum atomic E-state index is -4.45. The number of nitrogens with zero attached hydrogens (tertiary/aromatic N) is 3. The van der Waals surface area contributed by atoms with Crippen LogP contribution in [0.3, 0.4) is 0 Å². The number of anilines is 1. The Balaban J connectivity index is 0.00000225. The number of fused-ring (bicyclic) bond motifs is 1. The molecule has 2 heterocycles. The van der Waals surface area contributed by atoms with Crippen molar-refractivity contribution in [2.45, 2.75) is 19.1 Å². The number of halogens is 3. The Morgan fingerprint density at radius 3 is 2.40 bits per heavy atom. The molecule has 1 aromatic carbocycles. The van der Waals surface area contributed by atoms with Gasteiger partial charge in [-0.05, 0) is 31.2 Å². The van der Waals surface area contributed by atoms with E-state index in [9.17, 15) is 22.8 Å². The number of carbonyl (C=O) groups is 2. The molecule has 1 atom stereocenters. The number of hydrogen-bond acceptors (Lipinski definition) is 3. The fourth-order valence-electron chi connectivity index (χ4n) is 2.70. The van der Waals surface area contributed by atoms with Crippen LogP contribution in [0, 0.1) is 0 Å². The second-order valence-electron chi connectivity index (χ2n) is 5.53. The van der Waals surface area contributed by atoms with E-state index < -0.39 is 23.6 Å². The molecule has 2 N–H and O–H groups in total. The van der Waals surface area contributed by atoms with Gasteiger partial charge in [0, 0.05) is 12.2 Å². The molecule has 25 heavy (non-hydrogen) atoms. The Hall–Kier alpha value is -2.49. The minimum Gasteiger partial charge on any atom is -0.365 e. The summed E-state index contributed by atoms with van der Waals surface area (Å²) in [6, 6.07) is 4.02. The molecule has 1 aliphatic heterocycles. The largest absolute Gasteiger partial charge is 0.416 e. The van der Waals surface area contributed by atoms with Crippen molar-refractivity contribution in [3.05, 3.63) is 47.3 Å². The Bertz CT molecular complexity index is 817. The third-order valence-electron chi connectivity index (χ3n) is 3.88. The van der Waals surface area contributed by atoms with Gasteiger partial charge in [-0.15, -0.1) is 0 Å². The van der Waals surface area contributed by atoms with Gasteiger partial charge in [-0.1, -0.05) is 0 Å². The lowest BCUT2D eigenvalue weighted by molar-refractivity contribution is -0.137. The molecule has 10 heteroatoms. The van der Waals surface area contributed by atoms with Crippen LogP contribution in [0.15, 0.2) is 30.5 Å². The number of amides is 2. The lowest BCUT2D eigenvalue weighted by atomic mass is 10.1. The van der Waals surface area contributed by atoms with Crippen LogP contribution in [0.25, 0.3) is 0 Å². The van der Waals surface area contributed by atoms with Crippen molar-refractivity contribution in [3.63, 3.8) is 0 Å². The van der Waals surface area contributed by atoms with Gasteiger partial charge in [-0.25, -0.2) is 0 Å². The lowest BCUT2D eigenvalue weighted by Crippen LogP contribution is -2.43. The molecule has 0 saturated carbocycles. The first-order valence-electron chi connectivity index (χ1n) is 7.06. The molecule has 0 radical (unpaired) electrons. The monoisotopic (exact) mass is 372 g/mol. The zero-order valence-electron chi connectivity index (χ0n) is 13.0. The molecule has 0 bridgehead atoms. The molecular weight excluding hydrogens is 357 g/mol. The highest BCUT2D eigenvalue weighted by Crippen LogP contribution is 2.32. The van der Waals surface area contributed by atoms with Crippen LogP contribution in [0.2, 0.25) is 0 Å². The molecule has 134 valence electrons. The van der Waals surface area contributed by atoms with Crippen molar-refractivity contribution < 1.29 is 22.8 Å². The predicted octanol–water partition coefficient (Wildman–Crippen LogP) is 2.33. The van der Waals surface area contributed by atoms with Crippen molar-refractivity contribution >= 4 is 31.0 Å². The maximum absolute atomic E-state index is 12.7. The molecule has 3 rings (SSSR count). The fourth-order valence-corrected chi connectivity index (χ4v) is 2.70. The summed E-state index contributed by atoms with van der Waals surface area (Å²) in [6.45, 7) is 2.00. The first-order valence-corrected chi connectivity index (χ1v) is 7.06. The van der Waals surface area contributed by atoms with E-state index >= 15 is 0 Å². The van der Waals surface area contributed by atoms with Crippen molar-refractivity contribution in [1.82, 2.24) is 9.78 Å². The van der Waals surface area contributed by atoms with Crippen LogP contribution in [0.4, 0.5) is 18.9 Å². The molecule has 0 unspecified atom stereocenters. The van der Waals surface area contributed by atoms with E-state index in [1.54, 1.807) is 6.92 Å². The zero-order valence-corrected chi connectivity index (χ0v) is 14.0. The van der Waals surface area contributed by atoms with Gasteiger partial charge in [0.2, 0.25) is 0 Å². The van der Waals surface area contributed by atoms with Gasteiger partial charge in [0.25, 0.3) is 11.8 Å². The van der Waals surface area contributed by atoms with E-state index in [2.05, 4.69) is 5.10 Å². The van der Waals surface area contributed by atoms with E-state index in [1.165, 1.54) is 27.9 Å². The number of hydrogen-bond donors (Lipinski definition) is 1. The first-order chi connectivity index (χ1) is 11.2. The standard InChI is InChI=1S/C15H13F3N4O2.H2S/c1-8-7-21(10-4-2-9(3-5-10)15(16,17)18)14(24)12-11(13(19)23)6-20-22(8)12;/h2-6,8H,7H2,1H3,(H2,19,23);1H2/t8-;/m0./s1. The quantitative estimate of drug-likeness (QED) is 0.879. The number of aromatic nitrogens is 2. The van der Waals surface area contributed by atoms with E-state index in [0.717, 1.165) is 12.1 Å². The second-order valence-corrected chi connectivity index (χ2v) is 5.53. The summed E-state index contributed by atoms with van der Waals surface area (Å²) in [7, 11) is 0. The summed E-state index contributed by atoms with van der Waals surface area (Å²) < 4.78 is 39.4. The van der Waals surface area contributed by atoms with Gasteiger partial charge in [-0.2, -0.15) is 31.8 Å². The molecule has 0 saturated heterocycles. The summed E-state index contributed by atoms with van der Waals surface area (Å²) in [6.07, 6.45) is -3.22. The molecule has 1 aromatic heterocycles. The van der Waals surface area contributed by atoms with Gasteiger partial charge in [0.1, 0.15) is 5.69 Å². The molecule has 0 fully saturated rings. The molecule has 0 spiro atoms. The number of rotatable bonds is 2. The van der Waals surface area contributed by atoms with E-state index in [1.807, 2.05) is 0 Å². The Morgan fingerprint density at radius 1 is 1.28 bits per heavy atom. The third-order valence-corrected chi connectivity index (χ3v) is 3.88. The molecule has 1 aliphatic rings. The highest BCUT2D eigenvalue weighted by atomic mass is 32.1. The van der Waals surface area contributed by atoms with Crippen molar-refractivity contribution in [2.75, 3.05) is 11.4 Å². The van der Waals surface area contributed by atoms with Gasteiger partial charge in [0.05, 0.1) is 23.4 Å². The second kappa shape index (κ2) is 6.43. The Morgan fingerprint density at radius 2 is 1.88 bits per heavy atom. The van der Waals surface area contributed by atoms with Crippen LogP contribution in [-0.4, -0.2) is 28.1 Å². The molecule has 2 aromatic rings. The van der Waals surface area contributed by atoms with Crippen LogP contribution in [0.1, 0.15) is 39.4 Å². The van der Waals surface area contributed by atoms with E-state index in [4.69, 9.17) is 5.73 Å². The highest BCUT2D eigenvalue weighted by Gasteiger charge is 2.35. The van der Waals surface area contributed by atoms with Crippen molar-refractivity contribution in [2.24, 2.45) is 5.73 Å². The number of benzene rings is 1. The Labute approximate surface area is 147 Å². The van der Waals surface area contributed by atoms with Gasteiger partial charge >= 0.3 is 6.18 Å². The summed E-state index contributed by atoms with van der Waals surface area (Å²) in [5.74, 6) is -1.31. The zero-order chi connectivity index (χ0) is 17.6. The van der Waals surface area contributed by atoms with Crippen LogP contribution < -0.4 is 10.6 Å². The van der Waals surface area contributed by atoms with Crippen LogP contribution >= 0.6 is 13.5 Å². The predicted molar refractivity (Wildman–Crippen MR) is 89.0 cm³/mol. The normalized spacial score (nSPS) is 17.0.